The summed E-state index contributed by atoms with van der Waals surface area (Å²) in [5.41, 5.74) is 7.12. The first-order chi connectivity index (χ1) is 8.13. The van der Waals surface area contributed by atoms with E-state index in [1.165, 1.54) is 0 Å². The van der Waals surface area contributed by atoms with Crippen molar-refractivity contribution in [2.45, 2.75) is 12.8 Å². The molecule has 1 heterocycles. The number of nitrogens with zero attached hydrogens (tertiary/aromatic N) is 1. The van der Waals surface area contributed by atoms with Gasteiger partial charge < -0.3 is 5.73 Å². The molecule has 90 valence electrons. The Labute approximate surface area is 115 Å². The monoisotopic (exact) mass is 288 g/mol. The van der Waals surface area contributed by atoms with E-state index in [1.54, 1.807) is 6.07 Å². The molecule has 0 aliphatic heterocycles. The predicted octanol–water partition coefficient (Wildman–Crippen LogP) is 4.09. The summed E-state index contributed by atoms with van der Waals surface area (Å²) in [6.45, 7) is 0.648. The molecule has 2 N–H and O–H groups in total. The predicted molar refractivity (Wildman–Crippen MR) is 74.1 cm³/mol. The second kappa shape index (κ2) is 5.40. The Kier molecular flexibility index (Phi) is 4.10. The molecule has 0 atom stereocenters. The Balaban J connectivity index is 2.54. The molecule has 0 bridgehead atoms. The lowest BCUT2D eigenvalue weighted by Gasteiger charge is -2.07. The first-order valence-corrected chi connectivity index (χ1v) is 6.40. The third-order valence-corrected chi connectivity index (χ3v) is 3.61. The van der Waals surface area contributed by atoms with Gasteiger partial charge in [-0.15, -0.1) is 0 Å². The lowest BCUT2D eigenvalue weighted by atomic mass is 10.1. The average Bonchev–Trinajstić information content (AvgIpc) is 2.33. The fourth-order valence-electron chi connectivity index (χ4n) is 1.65. The second-order valence-electron chi connectivity index (χ2n) is 3.75. The van der Waals surface area contributed by atoms with Crippen molar-refractivity contribution in [3.05, 3.63) is 39.0 Å². The molecule has 0 unspecified atom stereocenters. The van der Waals surface area contributed by atoms with E-state index in [0.29, 0.717) is 27.1 Å². The summed E-state index contributed by atoms with van der Waals surface area (Å²) in [5.74, 6) is 0. The third-order valence-electron chi connectivity index (χ3n) is 2.52. The quantitative estimate of drug-likeness (QED) is 0.865. The largest absolute Gasteiger partial charge is 0.330 e. The van der Waals surface area contributed by atoms with E-state index in [4.69, 9.17) is 40.5 Å². The van der Waals surface area contributed by atoms with Crippen LogP contribution < -0.4 is 5.73 Å². The smallest absolute Gasteiger partial charge is 0.0907 e. The van der Waals surface area contributed by atoms with Crippen molar-refractivity contribution < 1.29 is 0 Å². The summed E-state index contributed by atoms with van der Waals surface area (Å²) < 4.78 is 0. The maximum atomic E-state index is 6.11. The van der Waals surface area contributed by atoms with Crippen molar-refractivity contribution >= 4 is 45.7 Å². The zero-order valence-electron chi connectivity index (χ0n) is 9.01. The van der Waals surface area contributed by atoms with Gasteiger partial charge in [0.05, 0.1) is 20.6 Å². The number of nitrogens with two attached hydrogens (primary N) is 1. The van der Waals surface area contributed by atoms with E-state index in [9.17, 15) is 0 Å². The van der Waals surface area contributed by atoms with Crippen LogP contribution in [-0.2, 0) is 6.42 Å². The minimum Gasteiger partial charge on any atom is -0.330 e. The molecular formula is C12H11Cl3N2. The number of fused-ring (bicyclic) bond motifs is 1. The minimum atomic E-state index is 0.445. The Bertz CT molecular complexity index is 555. The van der Waals surface area contributed by atoms with E-state index >= 15 is 0 Å². The van der Waals surface area contributed by atoms with Gasteiger partial charge in [-0.25, -0.2) is 0 Å². The normalized spacial score (nSPS) is 11.1. The van der Waals surface area contributed by atoms with Gasteiger partial charge in [0, 0.05) is 11.1 Å². The summed E-state index contributed by atoms with van der Waals surface area (Å²) in [7, 11) is 0. The standard InChI is InChI=1S/C12H11Cl3N2/c13-9-6-10(14)12-8(11(9)15)4-3-7(17-12)2-1-5-16/h3-4,6H,1-2,5,16H2. The Morgan fingerprint density at radius 1 is 1.12 bits per heavy atom. The molecule has 1 aromatic carbocycles. The summed E-state index contributed by atoms with van der Waals surface area (Å²) in [6.07, 6.45) is 1.74. The molecule has 2 nitrogen and oxygen atoms in total. The van der Waals surface area contributed by atoms with Gasteiger partial charge >= 0.3 is 0 Å². The van der Waals surface area contributed by atoms with Crippen molar-refractivity contribution in [1.29, 1.82) is 0 Å². The number of aromatic nitrogens is 1. The highest BCUT2D eigenvalue weighted by molar-refractivity contribution is 6.47. The zero-order valence-corrected chi connectivity index (χ0v) is 11.3. The SMILES string of the molecule is NCCCc1ccc2c(Cl)c(Cl)cc(Cl)c2n1. The third kappa shape index (κ3) is 2.66. The molecule has 2 rings (SSSR count). The molecule has 2 aromatic rings. The zero-order chi connectivity index (χ0) is 12.4. The molecule has 0 amide bonds. The maximum absolute atomic E-state index is 6.11. The Morgan fingerprint density at radius 2 is 1.88 bits per heavy atom. The van der Waals surface area contributed by atoms with Crippen molar-refractivity contribution in [1.82, 2.24) is 4.98 Å². The van der Waals surface area contributed by atoms with Crippen LogP contribution >= 0.6 is 34.8 Å². The number of hydrogen-bond donors (Lipinski definition) is 1. The van der Waals surface area contributed by atoms with E-state index in [1.807, 2.05) is 12.1 Å². The molecule has 0 spiro atoms. The van der Waals surface area contributed by atoms with Gasteiger partial charge in [-0.3, -0.25) is 4.98 Å². The second-order valence-corrected chi connectivity index (χ2v) is 4.94. The van der Waals surface area contributed by atoms with Crippen LogP contribution in [0.5, 0.6) is 0 Å². The summed E-state index contributed by atoms with van der Waals surface area (Å²) in [4.78, 5) is 4.48. The lowest BCUT2D eigenvalue weighted by molar-refractivity contribution is 0.814. The van der Waals surface area contributed by atoms with Crippen LogP contribution in [0.3, 0.4) is 0 Å². The van der Waals surface area contributed by atoms with Crippen molar-refractivity contribution in [3.63, 3.8) is 0 Å². The van der Waals surface area contributed by atoms with Crippen LogP contribution in [0.25, 0.3) is 10.9 Å². The topological polar surface area (TPSA) is 38.9 Å². The number of benzene rings is 1. The minimum absolute atomic E-state index is 0.445. The molecule has 0 radical (unpaired) electrons. The molecule has 0 fully saturated rings. The number of rotatable bonds is 3. The summed E-state index contributed by atoms with van der Waals surface area (Å²) >= 11 is 18.2. The van der Waals surface area contributed by atoms with Crippen LogP contribution in [-0.4, -0.2) is 11.5 Å². The number of pyridine rings is 1. The summed E-state index contributed by atoms with van der Waals surface area (Å²) in [5, 5.41) is 2.23. The number of aryl methyl sites for hydroxylation is 1. The molecule has 17 heavy (non-hydrogen) atoms. The summed E-state index contributed by atoms with van der Waals surface area (Å²) in [6, 6.07) is 5.44. The van der Waals surface area contributed by atoms with Crippen LogP contribution in [0.2, 0.25) is 15.1 Å². The van der Waals surface area contributed by atoms with Gasteiger partial charge in [-0.05, 0) is 37.6 Å². The van der Waals surface area contributed by atoms with Crippen LogP contribution in [0, 0.1) is 0 Å². The number of halogens is 3. The molecule has 5 heteroatoms. The Morgan fingerprint density at radius 3 is 2.59 bits per heavy atom. The van der Waals surface area contributed by atoms with Gasteiger partial charge in [0.1, 0.15) is 0 Å². The van der Waals surface area contributed by atoms with Gasteiger partial charge in [0.25, 0.3) is 0 Å². The first kappa shape index (κ1) is 12.9. The highest BCUT2D eigenvalue weighted by atomic mass is 35.5. The highest BCUT2D eigenvalue weighted by Crippen LogP contribution is 2.34. The van der Waals surface area contributed by atoms with E-state index in [-0.39, 0.29) is 0 Å². The van der Waals surface area contributed by atoms with E-state index in [0.717, 1.165) is 23.9 Å². The van der Waals surface area contributed by atoms with Crippen LogP contribution in [0.15, 0.2) is 18.2 Å². The van der Waals surface area contributed by atoms with Gasteiger partial charge in [-0.1, -0.05) is 34.8 Å². The molecule has 0 aliphatic carbocycles. The van der Waals surface area contributed by atoms with Crippen molar-refractivity contribution in [2.24, 2.45) is 5.73 Å². The molecule has 1 aromatic heterocycles. The molecule has 0 saturated carbocycles. The van der Waals surface area contributed by atoms with Gasteiger partial charge in [0.15, 0.2) is 0 Å². The number of hydrogen-bond acceptors (Lipinski definition) is 2. The van der Waals surface area contributed by atoms with Crippen LogP contribution in [0.1, 0.15) is 12.1 Å². The molecular weight excluding hydrogens is 279 g/mol. The molecule has 0 aliphatic rings. The van der Waals surface area contributed by atoms with Crippen molar-refractivity contribution in [3.8, 4) is 0 Å². The average molecular weight is 290 g/mol. The van der Waals surface area contributed by atoms with E-state index < -0.39 is 0 Å². The van der Waals surface area contributed by atoms with Gasteiger partial charge in [0.2, 0.25) is 0 Å². The van der Waals surface area contributed by atoms with Gasteiger partial charge in [-0.2, -0.15) is 0 Å². The fraction of sp³-hybridized carbons (Fsp3) is 0.250. The first-order valence-electron chi connectivity index (χ1n) is 5.26. The van der Waals surface area contributed by atoms with E-state index in [2.05, 4.69) is 4.98 Å². The fourth-order valence-corrected chi connectivity index (χ4v) is 2.38. The lowest BCUT2D eigenvalue weighted by Crippen LogP contribution is -2.01. The maximum Gasteiger partial charge on any atom is 0.0907 e. The highest BCUT2D eigenvalue weighted by Gasteiger charge is 2.10. The molecule has 0 saturated heterocycles. The van der Waals surface area contributed by atoms with Crippen molar-refractivity contribution in [2.75, 3.05) is 6.54 Å². The van der Waals surface area contributed by atoms with Crippen LogP contribution in [0.4, 0.5) is 0 Å². The Hall–Kier alpha value is -0.540.